The van der Waals surface area contributed by atoms with Gasteiger partial charge >= 0.3 is 11.9 Å². The van der Waals surface area contributed by atoms with Crippen LogP contribution >= 0.6 is 15.9 Å². The molecule has 1 saturated carbocycles. The summed E-state index contributed by atoms with van der Waals surface area (Å²) in [5.41, 5.74) is 1.17. The molecule has 0 aromatic rings. The summed E-state index contributed by atoms with van der Waals surface area (Å²) in [5, 5.41) is 23.6. The number of rotatable bonds is 11. The van der Waals surface area contributed by atoms with Gasteiger partial charge in [-0.15, -0.1) is 0 Å². The Morgan fingerprint density at radius 3 is 2.31 bits per heavy atom. The van der Waals surface area contributed by atoms with E-state index < -0.39 is 77.8 Å². The monoisotopic (exact) mass is 1080 g/mol. The molecule has 2 saturated heterocycles. The molecule has 15 atom stereocenters. The molecule has 1 aliphatic carbocycles. The van der Waals surface area contributed by atoms with Crippen molar-refractivity contribution in [1.82, 2.24) is 4.90 Å². The number of fused-ring (bicyclic) bond motifs is 3. The van der Waals surface area contributed by atoms with Crippen LogP contribution in [0, 0.1) is 35.5 Å². The molecule has 1 amide bonds. The first-order valence-corrected chi connectivity index (χ1v) is 27.1. The van der Waals surface area contributed by atoms with E-state index in [4.69, 9.17) is 33.2 Å². The van der Waals surface area contributed by atoms with E-state index in [2.05, 4.69) is 15.9 Å². The number of allylic oxidation sites excluding steroid dienone is 6. The Morgan fingerprint density at radius 2 is 1.62 bits per heavy atom. The molecule has 4 aliphatic rings. The van der Waals surface area contributed by atoms with Gasteiger partial charge in [-0.1, -0.05) is 87.0 Å². The average Bonchev–Trinajstić information content (AvgIpc) is 3.36. The molecule has 0 spiro atoms. The second-order valence-electron chi connectivity index (χ2n) is 20.8. The quantitative estimate of drug-likeness (QED) is 0.0912. The number of aliphatic hydroxyl groups is 2. The molecule has 406 valence electrons. The van der Waals surface area contributed by atoms with Crippen LogP contribution in [0.3, 0.4) is 0 Å². The minimum atomic E-state index is -2.45. The number of alkyl halides is 1. The Hall–Kier alpha value is -3.42. The molecule has 3 heterocycles. The third-order valence-corrected chi connectivity index (χ3v) is 15.7. The van der Waals surface area contributed by atoms with Crippen molar-refractivity contribution in [3.8, 4) is 0 Å². The number of esters is 2. The molecule has 0 aromatic carbocycles. The van der Waals surface area contributed by atoms with E-state index in [9.17, 15) is 39.0 Å². The molecule has 0 radical (unpaired) electrons. The molecule has 0 aromatic heterocycles. The molecule has 2 N–H and O–H groups in total. The third kappa shape index (κ3) is 17.1. The number of ether oxygens (including phenoxy) is 7. The van der Waals surface area contributed by atoms with Crippen LogP contribution in [0.4, 0.5) is 0 Å². The summed E-state index contributed by atoms with van der Waals surface area (Å²) in [6.07, 6.45) is 11.6. The predicted molar refractivity (Wildman–Crippen MR) is 274 cm³/mol. The highest BCUT2D eigenvalue weighted by atomic mass is 79.9. The summed E-state index contributed by atoms with van der Waals surface area (Å²) >= 11 is 3.08. The van der Waals surface area contributed by atoms with Crippen LogP contribution in [0.2, 0.25) is 0 Å². The lowest BCUT2D eigenvalue weighted by atomic mass is 9.78. The van der Waals surface area contributed by atoms with Crippen LogP contribution in [0.5, 0.6) is 0 Å². The number of hydrogen-bond donors (Lipinski definition) is 2. The fourth-order valence-corrected chi connectivity index (χ4v) is 10.9. The van der Waals surface area contributed by atoms with Crippen LogP contribution in [0.25, 0.3) is 0 Å². The van der Waals surface area contributed by atoms with Gasteiger partial charge in [-0.05, 0) is 107 Å². The Kier molecular flexibility index (Phi) is 25.1. The topological polar surface area (TPSA) is 211 Å². The van der Waals surface area contributed by atoms with Crippen molar-refractivity contribution >= 4 is 51.1 Å². The van der Waals surface area contributed by atoms with Crippen LogP contribution in [-0.2, 0) is 61.9 Å². The van der Waals surface area contributed by atoms with Crippen molar-refractivity contribution < 1.29 is 72.1 Å². The third-order valence-electron chi connectivity index (χ3n) is 15.3. The first-order valence-electron chi connectivity index (χ1n) is 26.0. The number of carbonyl (C=O) groups excluding carboxylic acids is 6. The molecule has 4 unspecified atom stereocenters. The fraction of sp³-hybridized carbons (Fsp3) is 0.745. The smallest absolute Gasteiger partial charge is 0.329 e. The Bertz CT molecular complexity index is 1950. The molecule has 2 bridgehead atoms. The molecule has 72 heavy (non-hydrogen) atoms. The van der Waals surface area contributed by atoms with Gasteiger partial charge in [-0.3, -0.25) is 24.0 Å². The first kappa shape index (κ1) is 61.1. The maximum Gasteiger partial charge on any atom is 0.329 e. The number of nitrogens with zero attached hydrogens (tertiary/aromatic N) is 1. The summed E-state index contributed by atoms with van der Waals surface area (Å²) < 4.78 is 41.0. The standard InChI is InChI=1S/C55H84BrNO15/c1-33-16-12-11-13-17-34(2)45(66-8)30-41-21-19-39(7)55(65,72-41)52(62)53(63)57-23-15-14-18-42(57)54(64)71-46(31-43(58)35(3)27-38(6)50(61)51(68-10)49(60)37(5)26-33)36(4)28-40-20-22-44(47(29-40)67-9)69-24-25-70-48(59)32-56/h11-13,16-17,27,33,36-42,44-47,50-51,61,65H,14-15,18-26,28-32H2,1-10H3/b13-11?,16-12?,34-17?,35-27+/t33?,36-,37+,38?,39+,40-,41-,42?,44+,45-,46-,47+,50+,51?,55+/m0/s1. The molecule has 17 heteroatoms. The number of ketones is 3. The first-order chi connectivity index (χ1) is 34.2. The van der Waals surface area contributed by atoms with Gasteiger partial charge in [0.15, 0.2) is 11.6 Å². The minimum Gasteiger partial charge on any atom is -0.463 e. The number of aliphatic hydroxyl groups excluding tert-OH is 1. The maximum atomic E-state index is 14.5. The highest BCUT2D eigenvalue weighted by Crippen LogP contribution is 2.38. The molecule has 16 nitrogen and oxygen atoms in total. The van der Waals surface area contributed by atoms with Crippen LogP contribution in [0.1, 0.15) is 126 Å². The van der Waals surface area contributed by atoms with E-state index in [-0.39, 0.29) is 85.4 Å². The lowest BCUT2D eigenvalue weighted by Crippen LogP contribution is -2.61. The van der Waals surface area contributed by atoms with E-state index in [1.54, 1.807) is 41.1 Å². The summed E-state index contributed by atoms with van der Waals surface area (Å²) in [5.74, 6) is -8.48. The molecular weight excluding hydrogens is 995 g/mol. The van der Waals surface area contributed by atoms with Gasteiger partial charge in [-0.25, -0.2) is 4.79 Å². The van der Waals surface area contributed by atoms with Gasteiger partial charge in [0, 0.05) is 58.5 Å². The Morgan fingerprint density at radius 1 is 0.889 bits per heavy atom. The largest absolute Gasteiger partial charge is 0.463 e. The number of halogens is 1. The van der Waals surface area contributed by atoms with Crippen molar-refractivity contribution in [2.75, 3.05) is 46.4 Å². The van der Waals surface area contributed by atoms with Gasteiger partial charge < -0.3 is 48.3 Å². The average molecular weight is 1080 g/mol. The van der Waals surface area contributed by atoms with Gasteiger partial charge in [0.1, 0.15) is 30.2 Å². The van der Waals surface area contributed by atoms with Crippen molar-refractivity contribution in [3.05, 3.63) is 47.6 Å². The number of cyclic esters (lactones) is 1. The number of piperidine rings is 1. The number of amides is 1. The zero-order valence-electron chi connectivity index (χ0n) is 44.4. The fourth-order valence-electron chi connectivity index (χ4n) is 10.7. The van der Waals surface area contributed by atoms with Crippen LogP contribution in [0.15, 0.2) is 47.6 Å². The Balaban J connectivity index is 1.67. The summed E-state index contributed by atoms with van der Waals surface area (Å²) in [6.45, 7) is 13.1. The molecule has 3 aliphatic heterocycles. The predicted octanol–water partition coefficient (Wildman–Crippen LogP) is 7.14. The lowest BCUT2D eigenvalue weighted by Gasteiger charge is -2.42. The van der Waals surface area contributed by atoms with E-state index in [0.29, 0.717) is 63.4 Å². The summed E-state index contributed by atoms with van der Waals surface area (Å²) in [7, 11) is 4.58. The van der Waals surface area contributed by atoms with Gasteiger partial charge in [0.05, 0.1) is 37.1 Å². The SMILES string of the molecule is COC1C(=O)[C@H](C)CC(C)C=CC=CC=C(C)[C@@H](OC)C[C@@H]2CC[C@@H](C)[C@@](O)(O2)C(=O)C(=O)N2CCCCC2C(=O)O[C@H]([C@@H](C)C[C@@H]2CC[C@@H](OCCOC(=O)CBr)[C@H](OC)C2)CC(=O)/C(C)=C/C(C)[C@H]1O. The second-order valence-corrected chi connectivity index (χ2v) is 21.4. The highest BCUT2D eigenvalue weighted by Gasteiger charge is 2.53. The van der Waals surface area contributed by atoms with E-state index >= 15 is 0 Å². The molecular formula is C55H84BrNO15. The highest BCUT2D eigenvalue weighted by molar-refractivity contribution is 9.09. The van der Waals surface area contributed by atoms with Crippen molar-refractivity contribution in [2.45, 2.75) is 180 Å². The summed E-state index contributed by atoms with van der Waals surface area (Å²) in [4.78, 5) is 84.0. The molecule has 4 rings (SSSR count). The maximum absolute atomic E-state index is 14.5. The lowest BCUT2D eigenvalue weighted by molar-refractivity contribution is -0.265. The van der Waals surface area contributed by atoms with Gasteiger partial charge in [0.2, 0.25) is 5.79 Å². The molecule has 3 fully saturated rings. The van der Waals surface area contributed by atoms with Crippen molar-refractivity contribution in [1.29, 1.82) is 0 Å². The normalized spacial score (nSPS) is 35.9. The van der Waals surface area contributed by atoms with Crippen LogP contribution < -0.4 is 0 Å². The van der Waals surface area contributed by atoms with Crippen molar-refractivity contribution in [2.24, 2.45) is 35.5 Å². The number of methoxy groups -OCH3 is 3. The number of hydrogen-bond acceptors (Lipinski definition) is 15. The number of carbonyl (C=O) groups is 6. The van der Waals surface area contributed by atoms with Gasteiger partial charge in [0.25, 0.3) is 11.7 Å². The Labute approximate surface area is 436 Å². The minimum absolute atomic E-state index is 0.0106. The zero-order chi connectivity index (χ0) is 53.3. The number of Topliss-reactive ketones (excluding diaryl/α,β-unsaturated/α-hetero) is 3. The summed E-state index contributed by atoms with van der Waals surface area (Å²) in [6, 6.07) is -1.16. The van der Waals surface area contributed by atoms with Crippen molar-refractivity contribution in [3.63, 3.8) is 0 Å². The van der Waals surface area contributed by atoms with Gasteiger partial charge in [-0.2, -0.15) is 0 Å². The van der Waals surface area contributed by atoms with E-state index in [1.165, 1.54) is 12.0 Å². The second kappa shape index (κ2) is 29.6. The van der Waals surface area contributed by atoms with E-state index in [0.717, 1.165) is 12.0 Å². The van der Waals surface area contributed by atoms with E-state index in [1.807, 2.05) is 58.1 Å². The zero-order valence-corrected chi connectivity index (χ0v) is 46.0. The van der Waals surface area contributed by atoms with Crippen LogP contribution in [-0.4, -0.2) is 151 Å².